The number of furan rings is 1. The summed E-state index contributed by atoms with van der Waals surface area (Å²) in [5.74, 6) is 1.06. The van der Waals surface area contributed by atoms with Gasteiger partial charge in [0.05, 0.1) is 18.6 Å². The Bertz CT molecular complexity index is 873. The number of nitrogens with zero attached hydrogens (tertiary/aromatic N) is 3. The molecule has 1 aliphatic rings. The van der Waals surface area contributed by atoms with E-state index in [4.69, 9.17) is 4.42 Å². The lowest BCUT2D eigenvalue weighted by Crippen LogP contribution is -2.14. The molecule has 0 aliphatic heterocycles. The summed E-state index contributed by atoms with van der Waals surface area (Å²) in [6.45, 7) is 0.550. The van der Waals surface area contributed by atoms with Gasteiger partial charge < -0.3 is 14.3 Å². The number of carbonyl (C=O) groups excluding carboxylic acids is 1. The summed E-state index contributed by atoms with van der Waals surface area (Å²) < 4.78 is 7.21. The van der Waals surface area contributed by atoms with E-state index in [2.05, 4.69) is 27.6 Å². The summed E-state index contributed by atoms with van der Waals surface area (Å²) >= 11 is 1.36. The van der Waals surface area contributed by atoms with Crippen LogP contribution >= 0.6 is 11.8 Å². The Balaban J connectivity index is 1.34. The molecule has 0 spiro atoms. The predicted octanol–water partition coefficient (Wildman–Crippen LogP) is 3.14. The van der Waals surface area contributed by atoms with E-state index in [9.17, 15) is 4.79 Å². The Morgan fingerprint density at radius 2 is 2.20 bits per heavy atom. The first-order chi connectivity index (χ1) is 12.3. The summed E-state index contributed by atoms with van der Waals surface area (Å²) in [6.07, 6.45) is 6.72. The molecule has 1 N–H and O–H groups in total. The third kappa shape index (κ3) is 3.76. The molecular formula is C18H18N4O2S. The highest BCUT2D eigenvalue weighted by Gasteiger charge is 2.13. The van der Waals surface area contributed by atoms with E-state index in [0.717, 1.165) is 24.3 Å². The number of nitrogens with one attached hydrogen (secondary N) is 1. The van der Waals surface area contributed by atoms with Crippen LogP contribution in [0.3, 0.4) is 0 Å². The van der Waals surface area contributed by atoms with E-state index in [-0.39, 0.29) is 11.7 Å². The van der Waals surface area contributed by atoms with Crippen molar-refractivity contribution in [1.29, 1.82) is 0 Å². The molecule has 0 bridgehead atoms. The Hall–Kier alpha value is -2.54. The molecule has 0 radical (unpaired) electrons. The highest BCUT2D eigenvalue weighted by molar-refractivity contribution is 7.99. The molecule has 0 saturated carbocycles. The van der Waals surface area contributed by atoms with Gasteiger partial charge in [-0.05, 0) is 54.7 Å². The Kier molecular flexibility index (Phi) is 4.56. The minimum atomic E-state index is -0.0458. The molecule has 2 aromatic heterocycles. The van der Waals surface area contributed by atoms with E-state index in [1.807, 2.05) is 22.8 Å². The summed E-state index contributed by atoms with van der Waals surface area (Å²) in [6, 6.07) is 9.92. The van der Waals surface area contributed by atoms with Gasteiger partial charge in [0.15, 0.2) is 5.16 Å². The van der Waals surface area contributed by atoms with Crippen molar-refractivity contribution in [3.8, 4) is 0 Å². The fraction of sp³-hybridized carbons (Fsp3) is 0.278. The second-order valence-electron chi connectivity index (χ2n) is 5.99. The average molecular weight is 354 g/mol. The number of anilines is 1. The number of aryl methyl sites for hydroxylation is 2. The molecule has 1 amide bonds. The zero-order valence-electron chi connectivity index (χ0n) is 13.6. The zero-order valence-corrected chi connectivity index (χ0v) is 14.5. The lowest BCUT2D eigenvalue weighted by molar-refractivity contribution is -0.113. The fourth-order valence-electron chi connectivity index (χ4n) is 3.01. The van der Waals surface area contributed by atoms with Gasteiger partial charge in [-0.1, -0.05) is 17.8 Å². The number of hydrogen-bond acceptors (Lipinski definition) is 5. The average Bonchev–Trinajstić information content (AvgIpc) is 3.35. The minimum absolute atomic E-state index is 0.0458. The first kappa shape index (κ1) is 16.0. The highest BCUT2D eigenvalue weighted by atomic mass is 32.2. The van der Waals surface area contributed by atoms with E-state index >= 15 is 0 Å². The van der Waals surface area contributed by atoms with Gasteiger partial charge in [0.1, 0.15) is 12.1 Å². The molecule has 0 atom stereocenters. The van der Waals surface area contributed by atoms with E-state index in [1.165, 1.54) is 29.3 Å². The van der Waals surface area contributed by atoms with Crippen molar-refractivity contribution in [3.63, 3.8) is 0 Å². The Morgan fingerprint density at radius 3 is 3.08 bits per heavy atom. The number of fused-ring (bicyclic) bond motifs is 1. The van der Waals surface area contributed by atoms with Gasteiger partial charge in [-0.2, -0.15) is 0 Å². The number of aromatic nitrogens is 3. The van der Waals surface area contributed by atoms with Gasteiger partial charge in [-0.15, -0.1) is 10.2 Å². The van der Waals surface area contributed by atoms with Crippen molar-refractivity contribution in [2.24, 2.45) is 0 Å². The monoisotopic (exact) mass is 354 g/mol. The zero-order chi connectivity index (χ0) is 17.1. The molecule has 0 fully saturated rings. The number of benzene rings is 1. The maximum atomic E-state index is 12.2. The molecule has 0 unspecified atom stereocenters. The van der Waals surface area contributed by atoms with Gasteiger partial charge in [-0.25, -0.2) is 0 Å². The van der Waals surface area contributed by atoms with Gasteiger partial charge >= 0.3 is 0 Å². The molecule has 1 aliphatic carbocycles. The first-order valence-electron chi connectivity index (χ1n) is 8.22. The van der Waals surface area contributed by atoms with Crippen molar-refractivity contribution in [3.05, 3.63) is 59.8 Å². The third-order valence-electron chi connectivity index (χ3n) is 4.20. The number of thioether (sulfide) groups is 1. The van der Waals surface area contributed by atoms with Gasteiger partial charge in [0, 0.05) is 5.69 Å². The third-order valence-corrected chi connectivity index (χ3v) is 5.18. The predicted molar refractivity (Wildman–Crippen MR) is 95.7 cm³/mol. The molecule has 6 nitrogen and oxygen atoms in total. The second-order valence-corrected chi connectivity index (χ2v) is 6.94. The molecule has 25 heavy (non-hydrogen) atoms. The number of carbonyl (C=O) groups is 1. The standard InChI is InChI=1S/C18H18N4O2S/c23-17(20-15-7-6-13-3-1-4-14(13)9-15)11-25-18-21-19-12-22(18)10-16-5-2-8-24-16/h2,5-9,12H,1,3-4,10-11H2,(H,20,23). The number of rotatable bonds is 6. The van der Waals surface area contributed by atoms with Crippen LogP contribution in [0.2, 0.25) is 0 Å². The maximum absolute atomic E-state index is 12.2. The number of amides is 1. The van der Waals surface area contributed by atoms with E-state index in [1.54, 1.807) is 12.6 Å². The van der Waals surface area contributed by atoms with Crippen molar-refractivity contribution in [1.82, 2.24) is 14.8 Å². The minimum Gasteiger partial charge on any atom is -0.467 e. The quantitative estimate of drug-likeness (QED) is 0.689. The van der Waals surface area contributed by atoms with Crippen LogP contribution in [0.1, 0.15) is 23.3 Å². The SMILES string of the molecule is O=C(CSc1nncn1Cc1ccco1)Nc1ccc2c(c1)CCC2. The van der Waals surface area contributed by atoms with Crippen LogP contribution in [-0.4, -0.2) is 26.4 Å². The van der Waals surface area contributed by atoms with Crippen LogP contribution in [0.4, 0.5) is 5.69 Å². The van der Waals surface area contributed by atoms with Gasteiger partial charge in [-0.3, -0.25) is 4.79 Å². The molecule has 1 aromatic carbocycles. The van der Waals surface area contributed by atoms with Crippen LogP contribution < -0.4 is 5.32 Å². The molecular weight excluding hydrogens is 336 g/mol. The number of hydrogen-bond donors (Lipinski definition) is 1. The van der Waals surface area contributed by atoms with Crippen molar-refractivity contribution in [2.75, 3.05) is 11.1 Å². The molecule has 128 valence electrons. The lowest BCUT2D eigenvalue weighted by atomic mass is 10.1. The fourth-order valence-corrected chi connectivity index (χ4v) is 3.73. The van der Waals surface area contributed by atoms with E-state index in [0.29, 0.717) is 11.7 Å². The molecule has 3 aromatic rings. The Morgan fingerprint density at radius 1 is 1.28 bits per heavy atom. The van der Waals surface area contributed by atoms with Crippen molar-refractivity contribution >= 4 is 23.4 Å². The highest BCUT2D eigenvalue weighted by Crippen LogP contribution is 2.25. The van der Waals surface area contributed by atoms with Gasteiger partial charge in [0.2, 0.25) is 5.91 Å². The lowest BCUT2D eigenvalue weighted by Gasteiger charge is -2.08. The summed E-state index contributed by atoms with van der Waals surface area (Å²) in [7, 11) is 0. The maximum Gasteiger partial charge on any atom is 0.234 e. The summed E-state index contributed by atoms with van der Waals surface area (Å²) in [4.78, 5) is 12.2. The summed E-state index contributed by atoms with van der Waals surface area (Å²) in [5, 5.41) is 11.7. The van der Waals surface area contributed by atoms with Crippen LogP contribution in [0, 0.1) is 0 Å². The first-order valence-corrected chi connectivity index (χ1v) is 9.21. The van der Waals surface area contributed by atoms with Crippen molar-refractivity contribution in [2.45, 2.75) is 31.0 Å². The van der Waals surface area contributed by atoms with Crippen LogP contribution in [0.25, 0.3) is 0 Å². The van der Waals surface area contributed by atoms with Crippen LogP contribution in [-0.2, 0) is 24.2 Å². The topological polar surface area (TPSA) is 73.0 Å². The molecule has 0 saturated heterocycles. The smallest absolute Gasteiger partial charge is 0.234 e. The largest absolute Gasteiger partial charge is 0.467 e. The Labute approximate surface area is 149 Å². The molecule has 7 heteroatoms. The summed E-state index contributed by atoms with van der Waals surface area (Å²) in [5.41, 5.74) is 3.62. The van der Waals surface area contributed by atoms with Gasteiger partial charge in [0.25, 0.3) is 0 Å². The van der Waals surface area contributed by atoms with Crippen LogP contribution in [0.5, 0.6) is 0 Å². The van der Waals surface area contributed by atoms with E-state index < -0.39 is 0 Å². The normalized spacial score (nSPS) is 13.0. The van der Waals surface area contributed by atoms with Crippen LogP contribution in [0.15, 0.2) is 52.5 Å². The molecule has 2 heterocycles. The molecule has 4 rings (SSSR count). The van der Waals surface area contributed by atoms with Crippen molar-refractivity contribution < 1.29 is 9.21 Å². The second kappa shape index (κ2) is 7.14.